The van der Waals surface area contributed by atoms with Gasteiger partial charge in [0.25, 0.3) is 0 Å². The van der Waals surface area contributed by atoms with Crippen LogP contribution in [-0.2, 0) is 0 Å². The van der Waals surface area contributed by atoms with E-state index in [1.165, 1.54) is 0 Å². The van der Waals surface area contributed by atoms with Gasteiger partial charge in [0.15, 0.2) is 11.5 Å². The van der Waals surface area contributed by atoms with Crippen molar-refractivity contribution in [3.05, 3.63) is 12.1 Å². The highest BCUT2D eigenvalue weighted by molar-refractivity contribution is 5.92. The first kappa shape index (κ1) is 17.1. The van der Waals surface area contributed by atoms with E-state index in [0.717, 1.165) is 36.2 Å². The maximum absolute atomic E-state index is 5.35. The zero-order valence-corrected chi connectivity index (χ0v) is 14.4. The van der Waals surface area contributed by atoms with Gasteiger partial charge < -0.3 is 25.0 Å². The predicted octanol–water partition coefficient (Wildman–Crippen LogP) is 2.05. The van der Waals surface area contributed by atoms with Gasteiger partial charge in [-0.25, -0.2) is 4.98 Å². The average Bonchev–Trinajstić information content (AvgIpc) is 2.56. The van der Waals surface area contributed by atoms with Crippen LogP contribution in [-0.4, -0.2) is 63.3 Å². The SMILES string of the molecule is CNc1nc(NCCCN(C)C)nc2cc(OC)c(OC)cc12. The van der Waals surface area contributed by atoms with Crippen molar-refractivity contribution < 1.29 is 9.47 Å². The van der Waals surface area contributed by atoms with Crippen LogP contribution in [0.25, 0.3) is 10.9 Å². The molecule has 1 aromatic carbocycles. The van der Waals surface area contributed by atoms with Crippen LogP contribution in [0, 0.1) is 0 Å². The highest BCUT2D eigenvalue weighted by atomic mass is 16.5. The molecule has 0 atom stereocenters. The van der Waals surface area contributed by atoms with E-state index in [1.54, 1.807) is 14.2 Å². The Labute approximate surface area is 137 Å². The molecule has 0 saturated heterocycles. The molecule has 7 nitrogen and oxygen atoms in total. The lowest BCUT2D eigenvalue weighted by Crippen LogP contribution is -2.17. The first-order chi connectivity index (χ1) is 11.1. The van der Waals surface area contributed by atoms with Gasteiger partial charge in [0.05, 0.1) is 19.7 Å². The third kappa shape index (κ3) is 4.13. The van der Waals surface area contributed by atoms with Crippen LogP contribution in [0.5, 0.6) is 11.5 Å². The van der Waals surface area contributed by atoms with Crippen LogP contribution in [0.15, 0.2) is 12.1 Å². The minimum Gasteiger partial charge on any atom is -0.493 e. The van der Waals surface area contributed by atoms with Crippen molar-refractivity contribution >= 4 is 22.7 Å². The number of ether oxygens (including phenoxy) is 2. The molecule has 7 heteroatoms. The molecule has 0 amide bonds. The van der Waals surface area contributed by atoms with E-state index in [9.17, 15) is 0 Å². The molecule has 0 bridgehead atoms. The van der Waals surface area contributed by atoms with Crippen LogP contribution >= 0.6 is 0 Å². The maximum atomic E-state index is 5.35. The van der Waals surface area contributed by atoms with Gasteiger partial charge in [-0.3, -0.25) is 0 Å². The summed E-state index contributed by atoms with van der Waals surface area (Å²) in [4.78, 5) is 11.2. The number of benzene rings is 1. The molecule has 0 unspecified atom stereocenters. The Balaban J connectivity index is 2.30. The molecule has 0 aliphatic heterocycles. The van der Waals surface area contributed by atoms with E-state index in [-0.39, 0.29) is 0 Å². The third-order valence-electron chi connectivity index (χ3n) is 3.50. The Hall–Kier alpha value is -2.28. The van der Waals surface area contributed by atoms with Crippen LogP contribution in [0.1, 0.15) is 6.42 Å². The lowest BCUT2D eigenvalue weighted by Gasteiger charge is -2.13. The second kappa shape index (κ2) is 7.82. The fourth-order valence-electron chi connectivity index (χ4n) is 2.32. The molecular formula is C16H25N5O2. The largest absolute Gasteiger partial charge is 0.493 e. The van der Waals surface area contributed by atoms with Crippen LogP contribution in [0.4, 0.5) is 11.8 Å². The fraction of sp³-hybridized carbons (Fsp3) is 0.500. The number of methoxy groups -OCH3 is 2. The number of aromatic nitrogens is 2. The fourth-order valence-corrected chi connectivity index (χ4v) is 2.32. The van der Waals surface area contributed by atoms with Gasteiger partial charge in [0, 0.05) is 25.0 Å². The highest BCUT2D eigenvalue weighted by Gasteiger charge is 2.12. The molecule has 0 aliphatic rings. The first-order valence-corrected chi connectivity index (χ1v) is 7.59. The molecule has 0 radical (unpaired) electrons. The predicted molar refractivity (Wildman–Crippen MR) is 93.8 cm³/mol. The standard InChI is InChI=1S/C16H25N5O2/c1-17-15-11-9-13(22-4)14(23-5)10-12(11)19-16(20-15)18-7-6-8-21(2)3/h9-10H,6-8H2,1-5H3,(H2,17,18,19,20). The van der Waals surface area contributed by atoms with Gasteiger partial charge in [0.1, 0.15) is 5.82 Å². The summed E-state index contributed by atoms with van der Waals surface area (Å²) in [6.07, 6.45) is 1.02. The minimum absolute atomic E-state index is 0.604. The average molecular weight is 319 g/mol. The Kier molecular flexibility index (Phi) is 5.81. The summed E-state index contributed by atoms with van der Waals surface area (Å²) in [6.45, 7) is 1.84. The van der Waals surface area contributed by atoms with Crippen molar-refractivity contribution in [3.8, 4) is 11.5 Å². The number of rotatable bonds is 8. The summed E-state index contributed by atoms with van der Waals surface area (Å²) < 4.78 is 10.7. The lowest BCUT2D eigenvalue weighted by atomic mass is 10.2. The van der Waals surface area contributed by atoms with E-state index in [4.69, 9.17) is 9.47 Å². The summed E-state index contributed by atoms with van der Waals surface area (Å²) in [5.74, 6) is 2.67. The van der Waals surface area contributed by atoms with Gasteiger partial charge in [-0.1, -0.05) is 0 Å². The van der Waals surface area contributed by atoms with Crippen molar-refractivity contribution in [3.63, 3.8) is 0 Å². The van der Waals surface area contributed by atoms with Gasteiger partial charge in [-0.2, -0.15) is 4.98 Å². The Morgan fingerprint density at radius 3 is 2.39 bits per heavy atom. The molecule has 0 fully saturated rings. The van der Waals surface area contributed by atoms with Crippen molar-refractivity contribution in [2.75, 3.05) is 59.1 Å². The maximum Gasteiger partial charge on any atom is 0.225 e. The molecule has 1 heterocycles. The molecule has 0 aliphatic carbocycles. The van der Waals surface area contributed by atoms with E-state index in [0.29, 0.717) is 17.4 Å². The number of hydrogen-bond acceptors (Lipinski definition) is 7. The van der Waals surface area contributed by atoms with Crippen LogP contribution < -0.4 is 20.1 Å². The van der Waals surface area contributed by atoms with Crippen molar-refractivity contribution in [1.29, 1.82) is 0 Å². The van der Waals surface area contributed by atoms with Gasteiger partial charge in [-0.05, 0) is 33.1 Å². The monoisotopic (exact) mass is 319 g/mol. The Bertz CT molecular complexity index is 660. The van der Waals surface area contributed by atoms with Crippen LogP contribution in [0.3, 0.4) is 0 Å². The smallest absolute Gasteiger partial charge is 0.225 e. The molecular weight excluding hydrogens is 294 g/mol. The highest BCUT2D eigenvalue weighted by Crippen LogP contribution is 2.34. The number of anilines is 2. The molecule has 0 spiro atoms. The minimum atomic E-state index is 0.604. The van der Waals surface area contributed by atoms with Gasteiger partial charge in [-0.15, -0.1) is 0 Å². The summed E-state index contributed by atoms with van der Waals surface area (Å²) in [5, 5.41) is 7.28. The second-order valence-corrected chi connectivity index (χ2v) is 5.45. The first-order valence-electron chi connectivity index (χ1n) is 7.59. The Morgan fingerprint density at radius 1 is 1.09 bits per heavy atom. The topological polar surface area (TPSA) is 71.5 Å². The van der Waals surface area contributed by atoms with E-state index in [1.807, 2.05) is 19.2 Å². The molecule has 2 rings (SSSR count). The zero-order valence-electron chi connectivity index (χ0n) is 14.4. The molecule has 1 aromatic heterocycles. The number of hydrogen-bond donors (Lipinski definition) is 2. The Morgan fingerprint density at radius 2 is 1.78 bits per heavy atom. The summed E-state index contributed by atoms with van der Waals surface area (Å²) >= 11 is 0. The summed E-state index contributed by atoms with van der Waals surface area (Å²) in [6, 6.07) is 3.75. The molecule has 0 saturated carbocycles. The van der Waals surface area contributed by atoms with E-state index >= 15 is 0 Å². The normalized spacial score (nSPS) is 10.9. The molecule has 2 N–H and O–H groups in total. The van der Waals surface area contributed by atoms with Gasteiger partial charge in [0.2, 0.25) is 5.95 Å². The third-order valence-corrected chi connectivity index (χ3v) is 3.50. The number of nitrogens with one attached hydrogen (secondary N) is 2. The number of fused-ring (bicyclic) bond motifs is 1. The summed E-state index contributed by atoms with van der Waals surface area (Å²) in [7, 11) is 9.19. The molecule has 23 heavy (non-hydrogen) atoms. The lowest BCUT2D eigenvalue weighted by molar-refractivity contribution is 0.356. The number of nitrogens with zero attached hydrogens (tertiary/aromatic N) is 3. The molecule has 126 valence electrons. The van der Waals surface area contributed by atoms with E-state index < -0.39 is 0 Å². The second-order valence-electron chi connectivity index (χ2n) is 5.45. The van der Waals surface area contributed by atoms with Crippen molar-refractivity contribution in [1.82, 2.24) is 14.9 Å². The van der Waals surface area contributed by atoms with Crippen LogP contribution in [0.2, 0.25) is 0 Å². The van der Waals surface area contributed by atoms with Gasteiger partial charge >= 0.3 is 0 Å². The quantitative estimate of drug-likeness (QED) is 0.722. The van der Waals surface area contributed by atoms with E-state index in [2.05, 4.69) is 39.6 Å². The van der Waals surface area contributed by atoms with Crippen molar-refractivity contribution in [2.45, 2.75) is 6.42 Å². The van der Waals surface area contributed by atoms with Crippen molar-refractivity contribution in [2.24, 2.45) is 0 Å². The zero-order chi connectivity index (χ0) is 16.8. The summed E-state index contributed by atoms with van der Waals surface area (Å²) in [5.41, 5.74) is 0.803. The molecule has 2 aromatic rings.